The monoisotopic (exact) mass is 478 g/mol. The number of halogens is 1. The summed E-state index contributed by atoms with van der Waals surface area (Å²) in [6.45, 7) is 4.15. The molecule has 0 atom stereocenters. The molecule has 0 unspecified atom stereocenters. The third-order valence-corrected chi connectivity index (χ3v) is 4.89. The number of hydrazone groups is 1. The number of rotatable bonds is 6. The molecule has 0 bridgehead atoms. The van der Waals surface area contributed by atoms with Crippen LogP contribution in [0.15, 0.2) is 64.2 Å². The number of nitrogens with one attached hydrogen (secondary N) is 1. The van der Waals surface area contributed by atoms with E-state index < -0.39 is 5.91 Å². The molecule has 2 aromatic carbocycles. The number of benzene rings is 2. The molecule has 31 heavy (non-hydrogen) atoms. The Morgan fingerprint density at radius 1 is 1.16 bits per heavy atom. The van der Waals surface area contributed by atoms with Gasteiger partial charge in [-0.3, -0.25) is 4.79 Å². The zero-order valence-electron chi connectivity index (χ0n) is 16.9. The number of fused-ring (bicyclic) bond motifs is 1. The highest BCUT2D eigenvalue weighted by atomic mass is 79.9. The van der Waals surface area contributed by atoms with Gasteiger partial charge in [-0.15, -0.1) is 5.10 Å². The largest absolute Gasteiger partial charge is 0.488 e. The van der Waals surface area contributed by atoms with Crippen molar-refractivity contribution in [2.45, 2.75) is 20.5 Å². The lowest BCUT2D eigenvalue weighted by molar-refractivity contribution is 0.0945. The van der Waals surface area contributed by atoms with Crippen molar-refractivity contribution in [1.82, 2.24) is 25.0 Å². The van der Waals surface area contributed by atoms with E-state index in [4.69, 9.17) is 4.74 Å². The van der Waals surface area contributed by atoms with E-state index in [-0.39, 0.29) is 5.82 Å². The molecule has 0 spiro atoms. The second-order valence-electron chi connectivity index (χ2n) is 6.84. The Morgan fingerprint density at radius 2 is 2.00 bits per heavy atom. The van der Waals surface area contributed by atoms with Gasteiger partial charge in [-0.25, -0.2) is 14.9 Å². The lowest BCUT2D eigenvalue weighted by Crippen LogP contribution is -2.19. The maximum atomic E-state index is 12.4. The number of para-hydroxylation sites is 1. The Labute approximate surface area is 187 Å². The number of carbonyl (C=O) groups is 1. The second kappa shape index (κ2) is 9.05. The van der Waals surface area contributed by atoms with Gasteiger partial charge < -0.3 is 4.74 Å². The van der Waals surface area contributed by atoms with Gasteiger partial charge in [-0.1, -0.05) is 40.2 Å². The lowest BCUT2D eigenvalue weighted by Gasteiger charge is -2.09. The predicted molar refractivity (Wildman–Crippen MR) is 120 cm³/mol. The van der Waals surface area contributed by atoms with Crippen molar-refractivity contribution in [1.29, 1.82) is 0 Å². The van der Waals surface area contributed by atoms with Crippen LogP contribution in [-0.4, -0.2) is 31.7 Å². The maximum Gasteiger partial charge on any atom is 0.311 e. The van der Waals surface area contributed by atoms with E-state index in [2.05, 4.69) is 41.5 Å². The fourth-order valence-electron chi connectivity index (χ4n) is 2.98. The Bertz CT molecular complexity index is 1280. The van der Waals surface area contributed by atoms with Crippen LogP contribution in [0.2, 0.25) is 0 Å². The number of nitrogens with zero attached hydrogens (tertiary/aromatic N) is 5. The van der Waals surface area contributed by atoms with Gasteiger partial charge in [0, 0.05) is 21.4 Å². The lowest BCUT2D eigenvalue weighted by atomic mass is 10.2. The van der Waals surface area contributed by atoms with Crippen LogP contribution in [0.3, 0.4) is 0 Å². The average Bonchev–Trinajstić information content (AvgIpc) is 3.18. The van der Waals surface area contributed by atoms with Gasteiger partial charge in [0.15, 0.2) is 0 Å². The summed E-state index contributed by atoms with van der Waals surface area (Å²) in [5.41, 5.74) is 5.87. The zero-order valence-corrected chi connectivity index (χ0v) is 18.5. The summed E-state index contributed by atoms with van der Waals surface area (Å²) in [6, 6.07) is 17.2. The number of aromatic nitrogens is 4. The predicted octanol–water partition coefficient (Wildman–Crippen LogP) is 3.85. The summed E-state index contributed by atoms with van der Waals surface area (Å²) in [4.78, 5) is 20.9. The van der Waals surface area contributed by atoms with Crippen LogP contribution in [-0.2, 0) is 6.61 Å². The van der Waals surface area contributed by atoms with E-state index in [9.17, 15) is 4.79 Å². The van der Waals surface area contributed by atoms with Crippen molar-refractivity contribution in [3.63, 3.8) is 0 Å². The first-order valence-corrected chi connectivity index (χ1v) is 10.3. The van der Waals surface area contributed by atoms with E-state index in [1.54, 1.807) is 0 Å². The minimum atomic E-state index is -0.522. The van der Waals surface area contributed by atoms with E-state index in [1.165, 1.54) is 10.7 Å². The molecular weight excluding hydrogens is 460 g/mol. The summed E-state index contributed by atoms with van der Waals surface area (Å²) < 4.78 is 8.44. The Balaban J connectivity index is 1.44. The number of hydrogen-bond donors (Lipinski definition) is 1. The van der Waals surface area contributed by atoms with Crippen LogP contribution in [0.1, 0.15) is 33.1 Å². The normalized spacial score (nSPS) is 11.2. The highest BCUT2D eigenvalue weighted by Crippen LogP contribution is 2.19. The van der Waals surface area contributed by atoms with Gasteiger partial charge >= 0.3 is 5.91 Å². The summed E-state index contributed by atoms with van der Waals surface area (Å²) in [5, 5.41) is 8.23. The van der Waals surface area contributed by atoms with Crippen molar-refractivity contribution in [2.75, 3.05) is 0 Å². The number of aryl methyl sites for hydroxylation is 2. The standard InChI is InChI=1S/C22H19BrN6O2/c1-14-10-15(2)29-22(25-14)26-20(28-29)21(30)27-24-12-17-7-3-4-9-19(17)31-13-16-6-5-8-18(23)11-16/h3-12H,13H2,1-2H3,(H,27,30)/b24-12-. The molecule has 4 rings (SSSR count). The topological polar surface area (TPSA) is 93.8 Å². The molecule has 0 aliphatic rings. The van der Waals surface area contributed by atoms with Crippen molar-refractivity contribution >= 4 is 33.8 Å². The molecule has 0 saturated carbocycles. The Morgan fingerprint density at radius 3 is 2.84 bits per heavy atom. The van der Waals surface area contributed by atoms with Crippen LogP contribution in [0.25, 0.3) is 5.78 Å². The molecule has 1 amide bonds. The number of carbonyl (C=O) groups excluding carboxylic acids is 1. The molecular formula is C22H19BrN6O2. The zero-order chi connectivity index (χ0) is 21.8. The van der Waals surface area contributed by atoms with Gasteiger partial charge in [-0.2, -0.15) is 10.1 Å². The Kier molecular flexibility index (Phi) is 6.03. The quantitative estimate of drug-likeness (QED) is 0.335. The smallest absolute Gasteiger partial charge is 0.311 e. The molecule has 1 N–H and O–H groups in total. The van der Waals surface area contributed by atoms with Crippen molar-refractivity contribution < 1.29 is 9.53 Å². The van der Waals surface area contributed by atoms with E-state index >= 15 is 0 Å². The first-order chi connectivity index (χ1) is 15.0. The molecule has 0 radical (unpaired) electrons. The molecule has 8 nitrogen and oxygen atoms in total. The highest BCUT2D eigenvalue weighted by molar-refractivity contribution is 9.10. The fraction of sp³-hybridized carbons (Fsp3) is 0.136. The third kappa shape index (κ3) is 4.95. The van der Waals surface area contributed by atoms with Crippen molar-refractivity contribution in [3.05, 3.63) is 87.4 Å². The summed E-state index contributed by atoms with van der Waals surface area (Å²) in [5.74, 6) is 0.503. The first kappa shape index (κ1) is 20.7. The minimum absolute atomic E-state index is 0.00228. The minimum Gasteiger partial charge on any atom is -0.488 e. The molecule has 2 aromatic heterocycles. The Hall–Kier alpha value is -3.59. The van der Waals surface area contributed by atoms with E-state index in [0.29, 0.717) is 18.1 Å². The van der Waals surface area contributed by atoms with Crippen molar-refractivity contribution in [2.24, 2.45) is 5.10 Å². The molecule has 156 valence electrons. The number of ether oxygens (including phenoxy) is 1. The van der Waals surface area contributed by atoms with E-state index in [1.807, 2.05) is 68.4 Å². The van der Waals surface area contributed by atoms with Crippen LogP contribution in [0, 0.1) is 13.8 Å². The molecule has 0 saturated heterocycles. The van der Waals surface area contributed by atoms with Crippen LogP contribution < -0.4 is 10.2 Å². The fourth-order valence-corrected chi connectivity index (χ4v) is 3.43. The summed E-state index contributed by atoms with van der Waals surface area (Å²) >= 11 is 3.46. The molecule has 9 heteroatoms. The highest BCUT2D eigenvalue weighted by Gasteiger charge is 2.14. The average molecular weight is 479 g/mol. The summed E-state index contributed by atoms with van der Waals surface area (Å²) in [7, 11) is 0. The molecule has 2 heterocycles. The second-order valence-corrected chi connectivity index (χ2v) is 7.76. The van der Waals surface area contributed by atoms with Gasteiger partial charge in [0.2, 0.25) is 5.82 Å². The molecule has 0 aliphatic heterocycles. The molecule has 4 aromatic rings. The van der Waals surface area contributed by atoms with Crippen LogP contribution in [0.5, 0.6) is 5.75 Å². The maximum absolute atomic E-state index is 12.4. The first-order valence-electron chi connectivity index (χ1n) is 9.50. The van der Waals surface area contributed by atoms with Crippen molar-refractivity contribution in [3.8, 4) is 5.75 Å². The van der Waals surface area contributed by atoms with Gasteiger partial charge in [-0.05, 0) is 49.7 Å². The van der Waals surface area contributed by atoms with Gasteiger partial charge in [0.05, 0.1) is 6.21 Å². The van der Waals surface area contributed by atoms with Crippen LogP contribution >= 0.6 is 15.9 Å². The third-order valence-electron chi connectivity index (χ3n) is 4.39. The number of amides is 1. The SMILES string of the molecule is Cc1cc(C)n2nc(C(=O)N/N=C\c3ccccc3OCc3cccc(Br)c3)nc2n1. The summed E-state index contributed by atoms with van der Waals surface area (Å²) in [6.07, 6.45) is 1.53. The number of hydrogen-bond acceptors (Lipinski definition) is 6. The van der Waals surface area contributed by atoms with Gasteiger partial charge in [0.25, 0.3) is 5.78 Å². The van der Waals surface area contributed by atoms with E-state index in [0.717, 1.165) is 27.0 Å². The molecule has 0 fully saturated rings. The van der Waals surface area contributed by atoms with Gasteiger partial charge in [0.1, 0.15) is 12.4 Å². The van der Waals surface area contributed by atoms with Crippen LogP contribution in [0.4, 0.5) is 0 Å². The molecule has 0 aliphatic carbocycles.